The van der Waals surface area contributed by atoms with Crippen molar-refractivity contribution in [1.29, 1.82) is 0 Å². The molecule has 0 aliphatic carbocycles. The number of benzene rings is 2. The maximum atomic E-state index is 13.7. The molecule has 162 valence electrons. The number of anilines is 1. The van der Waals surface area contributed by atoms with Crippen LogP contribution in [0.3, 0.4) is 0 Å². The first-order chi connectivity index (χ1) is 14.8. The van der Waals surface area contributed by atoms with E-state index in [4.69, 9.17) is 4.74 Å². The maximum Gasteiger partial charge on any atom is 0.322 e. The summed E-state index contributed by atoms with van der Waals surface area (Å²) in [5.41, 5.74) is -0.237. The normalized spacial score (nSPS) is 15.7. The molecule has 2 aromatic carbocycles. The monoisotopic (exact) mass is 435 g/mol. The molecule has 0 fully saturated rings. The highest BCUT2D eigenvalue weighted by Gasteiger charge is 2.30. The molecule has 2 heterocycles. The standard InChI is InChI=1S/C21H17F4N3O3/c1-28(21(30)26-11-3-5-15(23)14(7-11)19(24)25)17-9-31-8-16-18(17)12-4-2-10(22)6-13(12)20(29)27-16/h2-7,17,19H,8-9H2,1H3,(H,26,30)(H,27,29)/t17-/m0/s1. The van der Waals surface area contributed by atoms with E-state index in [2.05, 4.69) is 10.3 Å². The molecule has 0 saturated heterocycles. The zero-order chi connectivity index (χ0) is 22.3. The fourth-order valence-electron chi connectivity index (χ4n) is 3.67. The number of fused-ring (bicyclic) bond motifs is 3. The van der Waals surface area contributed by atoms with Crippen LogP contribution in [0, 0.1) is 11.6 Å². The van der Waals surface area contributed by atoms with Crippen LogP contribution in [0.15, 0.2) is 41.2 Å². The number of pyridine rings is 1. The van der Waals surface area contributed by atoms with E-state index in [0.717, 1.165) is 18.2 Å². The van der Waals surface area contributed by atoms with Crippen LogP contribution in [0.25, 0.3) is 10.8 Å². The lowest BCUT2D eigenvalue weighted by molar-refractivity contribution is 0.0527. The third-order valence-corrected chi connectivity index (χ3v) is 5.23. The van der Waals surface area contributed by atoms with Crippen molar-refractivity contribution in [3.05, 3.63) is 75.2 Å². The average Bonchev–Trinajstić information content (AvgIpc) is 2.74. The number of rotatable bonds is 3. The van der Waals surface area contributed by atoms with Gasteiger partial charge in [0.05, 0.1) is 30.2 Å². The van der Waals surface area contributed by atoms with Gasteiger partial charge < -0.3 is 19.9 Å². The van der Waals surface area contributed by atoms with Gasteiger partial charge in [0, 0.05) is 24.0 Å². The van der Waals surface area contributed by atoms with Gasteiger partial charge in [-0.15, -0.1) is 0 Å². The molecule has 6 nitrogen and oxygen atoms in total. The topological polar surface area (TPSA) is 74.4 Å². The van der Waals surface area contributed by atoms with Gasteiger partial charge in [-0.3, -0.25) is 4.79 Å². The largest absolute Gasteiger partial charge is 0.373 e. The Bertz CT molecular complexity index is 1230. The Balaban J connectivity index is 1.68. The summed E-state index contributed by atoms with van der Waals surface area (Å²) in [6.07, 6.45) is -3.03. The number of hydrogen-bond acceptors (Lipinski definition) is 3. The molecule has 0 spiro atoms. The zero-order valence-electron chi connectivity index (χ0n) is 16.2. The van der Waals surface area contributed by atoms with E-state index in [0.29, 0.717) is 16.6 Å². The number of amides is 2. The van der Waals surface area contributed by atoms with Gasteiger partial charge in [-0.1, -0.05) is 6.07 Å². The maximum absolute atomic E-state index is 13.7. The van der Waals surface area contributed by atoms with Gasteiger partial charge in [0.25, 0.3) is 12.0 Å². The van der Waals surface area contributed by atoms with Crippen LogP contribution in [0.1, 0.15) is 29.3 Å². The van der Waals surface area contributed by atoms with Crippen LogP contribution in [-0.4, -0.2) is 29.6 Å². The average molecular weight is 435 g/mol. The Hall–Kier alpha value is -3.40. The van der Waals surface area contributed by atoms with Gasteiger partial charge in [0.15, 0.2) is 0 Å². The fourth-order valence-corrected chi connectivity index (χ4v) is 3.67. The number of carbonyl (C=O) groups is 1. The first-order valence-electron chi connectivity index (χ1n) is 9.29. The molecule has 3 aromatic rings. The van der Waals surface area contributed by atoms with Crippen LogP contribution >= 0.6 is 0 Å². The summed E-state index contributed by atoms with van der Waals surface area (Å²) in [7, 11) is 1.47. The third-order valence-electron chi connectivity index (χ3n) is 5.23. The molecule has 2 N–H and O–H groups in total. The van der Waals surface area contributed by atoms with E-state index in [1.54, 1.807) is 0 Å². The number of alkyl halides is 2. The third kappa shape index (κ3) is 3.86. The summed E-state index contributed by atoms with van der Waals surface area (Å²) in [6.45, 7) is 0.209. The number of H-pyrrole nitrogens is 1. The minimum absolute atomic E-state index is 0.00102. The number of ether oxygens (including phenoxy) is 1. The summed E-state index contributed by atoms with van der Waals surface area (Å²) in [4.78, 5) is 29.0. The first-order valence-corrected chi connectivity index (χ1v) is 9.29. The Morgan fingerprint density at radius 2 is 1.97 bits per heavy atom. The van der Waals surface area contributed by atoms with Crippen LogP contribution in [0.5, 0.6) is 0 Å². The molecule has 1 aliphatic heterocycles. The summed E-state index contributed by atoms with van der Waals surface area (Å²) in [5, 5.41) is 3.08. The van der Waals surface area contributed by atoms with Gasteiger partial charge in [0.1, 0.15) is 11.6 Å². The van der Waals surface area contributed by atoms with Crippen LogP contribution in [0.2, 0.25) is 0 Å². The van der Waals surface area contributed by atoms with Gasteiger partial charge in [0.2, 0.25) is 0 Å². The van der Waals surface area contributed by atoms with Gasteiger partial charge in [-0.05, 0) is 35.7 Å². The molecule has 1 atom stereocenters. The number of urea groups is 1. The SMILES string of the molecule is CN(C(=O)Nc1ccc(F)c(C(F)F)c1)[C@H]1COCc2[nH]c(=O)c3cc(F)ccc3c21. The quantitative estimate of drug-likeness (QED) is 0.596. The summed E-state index contributed by atoms with van der Waals surface area (Å²) in [6, 6.07) is 5.39. The lowest BCUT2D eigenvalue weighted by Crippen LogP contribution is -2.39. The molecule has 1 aromatic heterocycles. The van der Waals surface area contributed by atoms with E-state index in [1.807, 2.05) is 0 Å². The van der Waals surface area contributed by atoms with Crippen LogP contribution < -0.4 is 10.9 Å². The van der Waals surface area contributed by atoms with Crippen molar-refractivity contribution in [2.24, 2.45) is 0 Å². The fraction of sp³-hybridized carbons (Fsp3) is 0.238. The van der Waals surface area contributed by atoms with Crippen molar-refractivity contribution < 1.29 is 27.1 Å². The molecular weight excluding hydrogens is 418 g/mol. The molecular formula is C21H17F4N3O3. The second-order valence-corrected chi connectivity index (χ2v) is 7.15. The lowest BCUT2D eigenvalue weighted by Gasteiger charge is -2.33. The molecule has 10 heteroatoms. The van der Waals surface area contributed by atoms with Crippen molar-refractivity contribution in [3.8, 4) is 0 Å². The highest BCUT2D eigenvalue weighted by molar-refractivity contribution is 5.91. The van der Waals surface area contributed by atoms with E-state index >= 15 is 0 Å². The molecule has 4 rings (SSSR count). The Kier molecular flexibility index (Phi) is 5.40. The number of likely N-dealkylation sites (N-methyl/N-ethyl adjacent to an activating group) is 1. The van der Waals surface area contributed by atoms with Crippen molar-refractivity contribution in [2.75, 3.05) is 19.0 Å². The highest BCUT2D eigenvalue weighted by atomic mass is 19.3. The first kappa shape index (κ1) is 20.9. The summed E-state index contributed by atoms with van der Waals surface area (Å²) in [5.74, 6) is -1.64. The summed E-state index contributed by atoms with van der Waals surface area (Å²) < 4.78 is 58.5. The molecule has 1 aliphatic rings. The minimum Gasteiger partial charge on any atom is -0.373 e. The predicted molar refractivity (Wildman–Crippen MR) is 105 cm³/mol. The molecule has 0 bridgehead atoms. The molecule has 0 unspecified atom stereocenters. The number of aromatic amines is 1. The van der Waals surface area contributed by atoms with Crippen molar-refractivity contribution in [3.63, 3.8) is 0 Å². The second kappa shape index (κ2) is 8.03. The van der Waals surface area contributed by atoms with Crippen molar-refractivity contribution >= 4 is 22.5 Å². The van der Waals surface area contributed by atoms with Crippen LogP contribution in [-0.2, 0) is 11.3 Å². The van der Waals surface area contributed by atoms with Crippen LogP contribution in [0.4, 0.5) is 28.0 Å². The number of nitrogens with one attached hydrogen (secondary N) is 2. The smallest absolute Gasteiger partial charge is 0.322 e. The molecule has 31 heavy (non-hydrogen) atoms. The minimum atomic E-state index is -3.03. The van der Waals surface area contributed by atoms with Gasteiger partial charge in [-0.25, -0.2) is 22.4 Å². The summed E-state index contributed by atoms with van der Waals surface area (Å²) >= 11 is 0. The molecule has 2 amide bonds. The second-order valence-electron chi connectivity index (χ2n) is 7.15. The number of carbonyl (C=O) groups excluding carboxylic acids is 1. The number of halogens is 4. The number of hydrogen-bond donors (Lipinski definition) is 2. The Morgan fingerprint density at radius 1 is 1.19 bits per heavy atom. The van der Waals surface area contributed by atoms with E-state index in [9.17, 15) is 27.2 Å². The molecule has 0 radical (unpaired) electrons. The predicted octanol–water partition coefficient (Wildman–Crippen LogP) is 4.48. The van der Waals surface area contributed by atoms with Crippen molar-refractivity contribution in [2.45, 2.75) is 19.1 Å². The lowest BCUT2D eigenvalue weighted by atomic mass is 9.96. The highest BCUT2D eigenvalue weighted by Crippen LogP contribution is 2.33. The Morgan fingerprint density at radius 3 is 2.71 bits per heavy atom. The molecule has 0 saturated carbocycles. The number of aromatic nitrogens is 1. The van der Waals surface area contributed by atoms with E-state index in [1.165, 1.54) is 30.1 Å². The van der Waals surface area contributed by atoms with Gasteiger partial charge >= 0.3 is 6.03 Å². The Labute approximate surface area is 173 Å². The van der Waals surface area contributed by atoms with Crippen molar-refractivity contribution in [1.82, 2.24) is 9.88 Å². The van der Waals surface area contributed by atoms with Gasteiger partial charge in [-0.2, -0.15) is 0 Å². The number of nitrogens with zero attached hydrogens (tertiary/aromatic N) is 1. The zero-order valence-corrected chi connectivity index (χ0v) is 16.2. The van der Waals surface area contributed by atoms with E-state index < -0.39 is 41.3 Å². The van der Waals surface area contributed by atoms with E-state index in [-0.39, 0.29) is 24.3 Å².